The lowest BCUT2D eigenvalue weighted by atomic mass is 9.83. The van der Waals surface area contributed by atoms with Crippen molar-refractivity contribution in [1.82, 2.24) is 5.43 Å². The van der Waals surface area contributed by atoms with Gasteiger partial charge in [-0.25, -0.2) is 0 Å². The maximum atomic E-state index is 5.74. The Balaban J connectivity index is 1.86. The Morgan fingerprint density at radius 2 is 1.74 bits per heavy atom. The van der Waals surface area contributed by atoms with Gasteiger partial charge in [-0.1, -0.05) is 63.3 Å². The normalized spacial score (nSPS) is 18.4. The number of hydrogen-bond acceptors (Lipinski definition) is 2. The van der Waals surface area contributed by atoms with E-state index in [9.17, 15) is 0 Å². The van der Waals surface area contributed by atoms with Crippen molar-refractivity contribution < 1.29 is 0 Å². The summed E-state index contributed by atoms with van der Waals surface area (Å²) < 4.78 is 0. The van der Waals surface area contributed by atoms with Crippen molar-refractivity contribution in [2.45, 2.75) is 64.3 Å². The molecule has 0 radical (unpaired) electrons. The smallest absolute Gasteiger partial charge is 0.0253 e. The van der Waals surface area contributed by atoms with Crippen LogP contribution in [0.2, 0.25) is 0 Å². The summed E-state index contributed by atoms with van der Waals surface area (Å²) in [5.41, 5.74) is 5.84. The van der Waals surface area contributed by atoms with Crippen LogP contribution < -0.4 is 11.3 Å². The molecular formula is C17H28N2. The molecule has 106 valence electrons. The summed E-state index contributed by atoms with van der Waals surface area (Å²) in [4.78, 5) is 0. The fourth-order valence-corrected chi connectivity index (χ4v) is 3.23. The molecule has 1 unspecified atom stereocenters. The average molecular weight is 260 g/mol. The van der Waals surface area contributed by atoms with Gasteiger partial charge in [-0.2, -0.15) is 0 Å². The van der Waals surface area contributed by atoms with Crippen molar-refractivity contribution in [2.75, 3.05) is 0 Å². The minimum Gasteiger partial charge on any atom is -0.271 e. The molecule has 2 rings (SSSR count). The van der Waals surface area contributed by atoms with Gasteiger partial charge in [0, 0.05) is 6.04 Å². The van der Waals surface area contributed by atoms with E-state index in [0.29, 0.717) is 6.04 Å². The first-order chi connectivity index (χ1) is 9.31. The second kappa shape index (κ2) is 7.66. The molecule has 0 heterocycles. The summed E-state index contributed by atoms with van der Waals surface area (Å²) in [6, 6.07) is 9.41. The van der Waals surface area contributed by atoms with Gasteiger partial charge in [0.1, 0.15) is 0 Å². The first kappa shape index (κ1) is 14.5. The summed E-state index contributed by atoms with van der Waals surface area (Å²) in [6.45, 7) is 2.20. The fourth-order valence-electron chi connectivity index (χ4n) is 3.23. The van der Waals surface area contributed by atoms with Crippen molar-refractivity contribution in [3.63, 3.8) is 0 Å². The molecule has 0 aliphatic heterocycles. The van der Waals surface area contributed by atoms with Gasteiger partial charge in [0.25, 0.3) is 0 Å². The minimum absolute atomic E-state index is 0.426. The van der Waals surface area contributed by atoms with Crippen molar-refractivity contribution >= 4 is 0 Å². The molecule has 3 N–H and O–H groups in total. The molecule has 1 aromatic carbocycles. The van der Waals surface area contributed by atoms with E-state index in [2.05, 4.69) is 36.6 Å². The highest BCUT2D eigenvalue weighted by molar-refractivity contribution is 5.23. The largest absolute Gasteiger partial charge is 0.271 e. The van der Waals surface area contributed by atoms with E-state index in [0.717, 1.165) is 18.8 Å². The van der Waals surface area contributed by atoms with Crippen LogP contribution >= 0.6 is 0 Å². The molecule has 1 saturated carbocycles. The molecule has 1 aliphatic carbocycles. The molecule has 0 bridgehead atoms. The highest BCUT2D eigenvalue weighted by Gasteiger charge is 2.18. The topological polar surface area (TPSA) is 38.0 Å². The maximum absolute atomic E-state index is 5.74. The molecule has 0 saturated heterocycles. The number of aryl methyl sites for hydroxylation is 1. The molecule has 1 aliphatic rings. The zero-order chi connectivity index (χ0) is 13.5. The zero-order valence-electron chi connectivity index (χ0n) is 12.2. The van der Waals surface area contributed by atoms with Crippen molar-refractivity contribution in [3.05, 3.63) is 35.4 Å². The number of rotatable bonds is 6. The Kier molecular flexibility index (Phi) is 5.87. The number of hydrazine groups is 1. The van der Waals surface area contributed by atoms with Crippen molar-refractivity contribution in [1.29, 1.82) is 0 Å². The third-order valence-electron chi connectivity index (χ3n) is 4.49. The van der Waals surface area contributed by atoms with E-state index in [-0.39, 0.29) is 0 Å². The number of hydrogen-bond donors (Lipinski definition) is 2. The SMILES string of the molecule is CCc1ccc(CC(CC2CCCCC2)NN)cc1. The van der Waals surface area contributed by atoms with Gasteiger partial charge in [0.15, 0.2) is 0 Å². The first-order valence-electron chi connectivity index (χ1n) is 7.85. The molecule has 2 heteroatoms. The van der Waals surface area contributed by atoms with Crippen LogP contribution in [0.4, 0.5) is 0 Å². The molecule has 0 amide bonds. The van der Waals surface area contributed by atoms with Gasteiger partial charge in [-0.3, -0.25) is 11.3 Å². The van der Waals surface area contributed by atoms with Crippen LogP contribution in [0.5, 0.6) is 0 Å². The third kappa shape index (κ3) is 4.63. The van der Waals surface area contributed by atoms with Crippen LogP contribution in [0.1, 0.15) is 56.6 Å². The molecule has 1 fully saturated rings. The van der Waals surface area contributed by atoms with Gasteiger partial charge in [0.05, 0.1) is 0 Å². The van der Waals surface area contributed by atoms with Gasteiger partial charge < -0.3 is 0 Å². The Morgan fingerprint density at radius 1 is 1.11 bits per heavy atom. The summed E-state index contributed by atoms with van der Waals surface area (Å²) >= 11 is 0. The molecule has 19 heavy (non-hydrogen) atoms. The highest BCUT2D eigenvalue weighted by Crippen LogP contribution is 2.27. The Hall–Kier alpha value is -0.860. The predicted molar refractivity (Wildman–Crippen MR) is 81.8 cm³/mol. The van der Waals surface area contributed by atoms with Gasteiger partial charge >= 0.3 is 0 Å². The highest BCUT2D eigenvalue weighted by atomic mass is 15.2. The molecule has 2 nitrogen and oxygen atoms in total. The lowest BCUT2D eigenvalue weighted by molar-refractivity contribution is 0.298. The van der Waals surface area contributed by atoms with Crippen LogP contribution in [0.25, 0.3) is 0 Å². The summed E-state index contributed by atoms with van der Waals surface area (Å²) in [6.07, 6.45) is 10.4. The standard InChI is InChI=1S/C17H28N2/c1-2-14-8-10-16(11-9-14)13-17(19-18)12-15-6-4-3-5-7-15/h8-11,15,17,19H,2-7,12-13,18H2,1H3. The minimum atomic E-state index is 0.426. The third-order valence-corrected chi connectivity index (χ3v) is 4.49. The van der Waals surface area contributed by atoms with E-state index in [4.69, 9.17) is 5.84 Å². The lowest BCUT2D eigenvalue weighted by Gasteiger charge is -2.26. The van der Waals surface area contributed by atoms with E-state index in [1.54, 1.807) is 0 Å². The second-order valence-electron chi connectivity index (χ2n) is 5.98. The van der Waals surface area contributed by atoms with Gasteiger partial charge in [-0.05, 0) is 36.3 Å². The van der Waals surface area contributed by atoms with Crippen LogP contribution in [-0.4, -0.2) is 6.04 Å². The molecule has 0 spiro atoms. The maximum Gasteiger partial charge on any atom is 0.0253 e. The van der Waals surface area contributed by atoms with Crippen LogP contribution in [0, 0.1) is 5.92 Å². The quantitative estimate of drug-likeness (QED) is 0.606. The molecule has 0 aromatic heterocycles. The molecule has 1 aromatic rings. The molecular weight excluding hydrogens is 232 g/mol. The van der Waals surface area contributed by atoms with Crippen LogP contribution in [0.3, 0.4) is 0 Å². The first-order valence-corrected chi connectivity index (χ1v) is 7.85. The lowest BCUT2D eigenvalue weighted by Crippen LogP contribution is -2.38. The van der Waals surface area contributed by atoms with Crippen LogP contribution in [-0.2, 0) is 12.8 Å². The monoisotopic (exact) mass is 260 g/mol. The predicted octanol–water partition coefficient (Wildman–Crippen LogP) is 3.59. The van der Waals surface area contributed by atoms with E-state index >= 15 is 0 Å². The number of nitrogens with two attached hydrogens (primary N) is 1. The second-order valence-corrected chi connectivity index (χ2v) is 5.98. The van der Waals surface area contributed by atoms with Crippen molar-refractivity contribution in [2.24, 2.45) is 11.8 Å². The Morgan fingerprint density at radius 3 is 2.32 bits per heavy atom. The fraction of sp³-hybridized carbons (Fsp3) is 0.647. The van der Waals surface area contributed by atoms with Gasteiger partial charge in [0.2, 0.25) is 0 Å². The number of nitrogens with one attached hydrogen (secondary N) is 1. The summed E-state index contributed by atoms with van der Waals surface area (Å²) in [7, 11) is 0. The van der Waals surface area contributed by atoms with Crippen molar-refractivity contribution in [3.8, 4) is 0 Å². The summed E-state index contributed by atoms with van der Waals surface area (Å²) in [5.74, 6) is 6.62. The van der Waals surface area contributed by atoms with E-state index in [1.807, 2.05) is 0 Å². The number of benzene rings is 1. The van der Waals surface area contributed by atoms with Crippen LogP contribution in [0.15, 0.2) is 24.3 Å². The zero-order valence-corrected chi connectivity index (χ0v) is 12.2. The van der Waals surface area contributed by atoms with Gasteiger partial charge in [-0.15, -0.1) is 0 Å². The molecule has 1 atom stereocenters. The average Bonchev–Trinajstić information content (AvgIpc) is 2.48. The Bertz CT molecular complexity index is 352. The van der Waals surface area contributed by atoms with E-state index < -0.39 is 0 Å². The summed E-state index contributed by atoms with van der Waals surface area (Å²) in [5, 5.41) is 0. The van der Waals surface area contributed by atoms with E-state index in [1.165, 1.54) is 49.7 Å². The Labute approximate surface area is 117 Å².